The predicted octanol–water partition coefficient (Wildman–Crippen LogP) is 1.20. The van der Waals surface area contributed by atoms with Gasteiger partial charge in [-0.2, -0.15) is 0 Å². The smallest absolute Gasteiger partial charge is 0.231 e. The lowest BCUT2D eigenvalue weighted by molar-refractivity contribution is -0.126. The summed E-state index contributed by atoms with van der Waals surface area (Å²) in [5, 5.41) is 6.06. The number of ether oxygens (including phenoxy) is 1. The zero-order valence-corrected chi connectivity index (χ0v) is 10.9. The van der Waals surface area contributed by atoms with E-state index in [1.54, 1.807) is 0 Å². The molecule has 0 aliphatic carbocycles. The zero-order chi connectivity index (χ0) is 12.2. The fraction of sp³-hybridized carbons (Fsp3) is 0.818. The number of nitrogens with one attached hydrogen (secondary N) is 2. The van der Waals surface area contributed by atoms with Crippen LogP contribution >= 0.6 is 12.2 Å². The van der Waals surface area contributed by atoms with Gasteiger partial charge in [0.25, 0.3) is 0 Å². The molecule has 0 spiro atoms. The summed E-state index contributed by atoms with van der Waals surface area (Å²) in [5.41, 5.74) is -0.421. The number of carbonyl (C=O) groups is 1. The maximum Gasteiger partial charge on any atom is 0.231 e. The molecule has 0 saturated carbocycles. The van der Waals surface area contributed by atoms with Crippen molar-refractivity contribution in [2.24, 2.45) is 5.41 Å². The third kappa shape index (κ3) is 4.45. The molecule has 0 radical (unpaired) electrons. The Morgan fingerprint density at radius 2 is 2.19 bits per heavy atom. The van der Waals surface area contributed by atoms with Gasteiger partial charge in [-0.1, -0.05) is 20.8 Å². The van der Waals surface area contributed by atoms with Gasteiger partial charge in [0.05, 0.1) is 6.10 Å². The molecule has 0 aromatic carbocycles. The van der Waals surface area contributed by atoms with E-state index in [4.69, 9.17) is 17.0 Å². The Morgan fingerprint density at radius 3 is 2.69 bits per heavy atom. The van der Waals surface area contributed by atoms with Crippen LogP contribution in [0.25, 0.3) is 0 Å². The highest BCUT2D eigenvalue weighted by Gasteiger charge is 2.22. The topological polar surface area (TPSA) is 50.4 Å². The van der Waals surface area contributed by atoms with Crippen LogP contribution in [0.4, 0.5) is 0 Å². The van der Waals surface area contributed by atoms with E-state index >= 15 is 0 Å². The normalized spacial score (nSPS) is 20.6. The van der Waals surface area contributed by atoms with E-state index in [1.165, 1.54) is 0 Å². The van der Waals surface area contributed by atoms with Crippen molar-refractivity contribution >= 4 is 23.2 Å². The molecule has 1 aliphatic heterocycles. The Bertz CT molecular complexity index is 268. The molecule has 92 valence electrons. The second-order valence-electron chi connectivity index (χ2n) is 5.05. The van der Waals surface area contributed by atoms with E-state index in [1.807, 2.05) is 20.8 Å². The Kier molecular flexibility index (Phi) is 4.68. The fourth-order valence-electron chi connectivity index (χ4n) is 1.35. The van der Waals surface area contributed by atoms with Gasteiger partial charge in [-0.25, -0.2) is 0 Å². The number of amides is 1. The van der Waals surface area contributed by atoms with Crippen LogP contribution in [0.1, 0.15) is 33.6 Å². The van der Waals surface area contributed by atoms with Crippen LogP contribution in [-0.4, -0.2) is 30.3 Å². The lowest BCUT2D eigenvalue weighted by atomic mass is 9.96. The van der Waals surface area contributed by atoms with E-state index in [0.717, 1.165) is 19.4 Å². The molecule has 1 aliphatic rings. The molecule has 1 amide bonds. The van der Waals surface area contributed by atoms with Gasteiger partial charge < -0.3 is 15.4 Å². The molecular formula is C11H20N2O2S. The number of carbonyl (C=O) groups excluding carboxylic acids is 1. The Labute approximate surface area is 102 Å². The van der Waals surface area contributed by atoms with Crippen molar-refractivity contribution in [1.29, 1.82) is 0 Å². The first-order chi connectivity index (χ1) is 7.39. The van der Waals surface area contributed by atoms with Gasteiger partial charge in [0, 0.05) is 18.6 Å². The average Bonchev–Trinajstić information content (AvgIpc) is 2.65. The average molecular weight is 244 g/mol. The Morgan fingerprint density at radius 1 is 1.50 bits per heavy atom. The second kappa shape index (κ2) is 5.59. The monoisotopic (exact) mass is 244 g/mol. The minimum Gasteiger partial charge on any atom is -0.376 e. The van der Waals surface area contributed by atoms with Crippen LogP contribution in [0.2, 0.25) is 0 Å². The van der Waals surface area contributed by atoms with Gasteiger partial charge in [0.2, 0.25) is 5.91 Å². The van der Waals surface area contributed by atoms with Crippen LogP contribution in [-0.2, 0) is 9.53 Å². The molecule has 1 rings (SSSR count). The van der Waals surface area contributed by atoms with Gasteiger partial charge in [-0.3, -0.25) is 4.79 Å². The van der Waals surface area contributed by atoms with Gasteiger partial charge >= 0.3 is 0 Å². The predicted molar refractivity (Wildman–Crippen MR) is 67.2 cm³/mol. The minimum absolute atomic E-state index is 0.0719. The van der Waals surface area contributed by atoms with Crippen molar-refractivity contribution in [2.45, 2.75) is 39.7 Å². The van der Waals surface area contributed by atoms with Gasteiger partial charge in [0.15, 0.2) is 5.11 Å². The number of thiocarbonyl (C=S) groups is 1. The minimum atomic E-state index is -0.421. The zero-order valence-electron chi connectivity index (χ0n) is 10.1. The van der Waals surface area contributed by atoms with Crippen molar-refractivity contribution in [1.82, 2.24) is 10.6 Å². The molecule has 0 unspecified atom stereocenters. The number of rotatable bonds is 2. The summed E-state index contributed by atoms with van der Waals surface area (Å²) in [6.45, 7) is 7.05. The van der Waals surface area contributed by atoms with E-state index in [0.29, 0.717) is 11.7 Å². The summed E-state index contributed by atoms with van der Waals surface area (Å²) < 4.78 is 5.44. The van der Waals surface area contributed by atoms with Crippen LogP contribution in [0.3, 0.4) is 0 Å². The van der Waals surface area contributed by atoms with E-state index in [-0.39, 0.29) is 12.0 Å². The molecule has 1 heterocycles. The second-order valence-corrected chi connectivity index (χ2v) is 5.46. The molecule has 0 bridgehead atoms. The first-order valence-electron chi connectivity index (χ1n) is 5.60. The molecule has 1 saturated heterocycles. The van der Waals surface area contributed by atoms with Gasteiger partial charge in [0.1, 0.15) is 0 Å². The Hall–Kier alpha value is -0.680. The molecule has 0 aromatic heterocycles. The lowest BCUT2D eigenvalue weighted by Crippen LogP contribution is -2.46. The van der Waals surface area contributed by atoms with E-state index in [9.17, 15) is 4.79 Å². The fourth-order valence-corrected chi connectivity index (χ4v) is 1.52. The van der Waals surface area contributed by atoms with E-state index < -0.39 is 5.41 Å². The van der Waals surface area contributed by atoms with Crippen molar-refractivity contribution in [3.05, 3.63) is 0 Å². The maximum absolute atomic E-state index is 11.6. The summed E-state index contributed by atoms with van der Waals surface area (Å²) in [6.07, 6.45) is 2.39. The standard InChI is InChI=1S/C11H20N2O2S/c1-11(2,3)9(14)13-10(16)12-7-8-5-4-6-15-8/h8H,4-7H2,1-3H3,(H2,12,13,14,16)/t8-/m1/s1. The van der Waals surface area contributed by atoms with Crippen molar-refractivity contribution in [3.8, 4) is 0 Å². The van der Waals surface area contributed by atoms with Crippen molar-refractivity contribution in [3.63, 3.8) is 0 Å². The largest absolute Gasteiger partial charge is 0.376 e. The molecule has 4 nitrogen and oxygen atoms in total. The highest BCUT2D eigenvalue weighted by Crippen LogP contribution is 2.12. The summed E-state index contributed by atoms with van der Waals surface area (Å²) in [5.74, 6) is -0.0719. The van der Waals surface area contributed by atoms with Crippen molar-refractivity contribution < 1.29 is 9.53 Å². The summed E-state index contributed by atoms with van der Waals surface area (Å²) in [6, 6.07) is 0. The number of hydrogen-bond acceptors (Lipinski definition) is 3. The van der Waals surface area contributed by atoms with Crippen LogP contribution < -0.4 is 10.6 Å². The SMILES string of the molecule is CC(C)(C)C(=O)NC(=S)NC[C@H]1CCCO1. The summed E-state index contributed by atoms with van der Waals surface area (Å²) in [7, 11) is 0. The third-order valence-corrected chi connectivity index (χ3v) is 2.67. The maximum atomic E-state index is 11.6. The van der Waals surface area contributed by atoms with E-state index in [2.05, 4.69) is 10.6 Å². The summed E-state index contributed by atoms with van der Waals surface area (Å²) >= 11 is 5.04. The molecule has 1 atom stereocenters. The quantitative estimate of drug-likeness (QED) is 0.717. The van der Waals surface area contributed by atoms with Gasteiger partial charge in [-0.05, 0) is 25.1 Å². The molecule has 2 N–H and O–H groups in total. The first kappa shape index (κ1) is 13.4. The summed E-state index contributed by atoms with van der Waals surface area (Å²) in [4.78, 5) is 11.6. The number of hydrogen-bond donors (Lipinski definition) is 2. The van der Waals surface area contributed by atoms with Gasteiger partial charge in [-0.15, -0.1) is 0 Å². The highest BCUT2D eigenvalue weighted by molar-refractivity contribution is 7.80. The van der Waals surface area contributed by atoms with Crippen LogP contribution in [0.15, 0.2) is 0 Å². The molecule has 16 heavy (non-hydrogen) atoms. The third-order valence-electron chi connectivity index (χ3n) is 2.42. The molecule has 0 aromatic rings. The molecule has 5 heteroatoms. The Balaban J connectivity index is 2.22. The molecular weight excluding hydrogens is 224 g/mol. The lowest BCUT2D eigenvalue weighted by Gasteiger charge is -2.19. The highest BCUT2D eigenvalue weighted by atomic mass is 32.1. The van der Waals surface area contributed by atoms with Crippen LogP contribution in [0, 0.1) is 5.41 Å². The molecule has 1 fully saturated rings. The first-order valence-corrected chi connectivity index (χ1v) is 6.01. The van der Waals surface area contributed by atoms with Crippen molar-refractivity contribution in [2.75, 3.05) is 13.2 Å². The van der Waals surface area contributed by atoms with Crippen LogP contribution in [0.5, 0.6) is 0 Å².